The summed E-state index contributed by atoms with van der Waals surface area (Å²) in [6.45, 7) is 3.29. The van der Waals surface area contributed by atoms with E-state index in [0.29, 0.717) is 6.54 Å². The van der Waals surface area contributed by atoms with Gasteiger partial charge in [0.15, 0.2) is 5.84 Å². The molecule has 76 valence electrons. The van der Waals surface area contributed by atoms with Gasteiger partial charge in [0.1, 0.15) is 0 Å². The molecule has 0 fully saturated rings. The van der Waals surface area contributed by atoms with Crippen LogP contribution in [0, 0.1) is 0 Å². The molecule has 0 spiro atoms. The number of anilines is 1. The van der Waals surface area contributed by atoms with Gasteiger partial charge in [0, 0.05) is 12.2 Å². The zero-order chi connectivity index (χ0) is 10.4. The number of benzene rings is 1. The van der Waals surface area contributed by atoms with Crippen molar-refractivity contribution in [3.63, 3.8) is 0 Å². The van der Waals surface area contributed by atoms with Crippen LogP contribution in [0.2, 0.25) is 0 Å². The number of nitrogens with zero attached hydrogens (tertiary/aromatic N) is 2. The Morgan fingerprint density at radius 3 is 2.57 bits per heavy atom. The average molecular weight is 193 g/mol. The van der Waals surface area contributed by atoms with Gasteiger partial charge in [0.05, 0.1) is 6.54 Å². The number of likely N-dealkylation sites (N-methyl/N-ethyl adjacent to an activating group) is 1. The van der Waals surface area contributed by atoms with Crippen LogP contribution in [0.25, 0.3) is 0 Å². The van der Waals surface area contributed by atoms with Crippen LogP contribution in [0.5, 0.6) is 0 Å². The van der Waals surface area contributed by atoms with Crippen LogP contribution in [0.4, 0.5) is 5.69 Å². The highest BCUT2D eigenvalue weighted by Gasteiger charge is 2.04. The molecule has 1 aromatic rings. The number of rotatable bonds is 4. The van der Waals surface area contributed by atoms with E-state index in [0.717, 1.165) is 12.2 Å². The minimum atomic E-state index is 0.218. The van der Waals surface area contributed by atoms with Crippen LogP contribution in [-0.2, 0) is 0 Å². The lowest BCUT2D eigenvalue weighted by molar-refractivity contribution is 0.317. The molecule has 0 aromatic heterocycles. The van der Waals surface area contributed by atoms with Crippen molar-refractivity contribution in [2.45, 2.75) is 6.92 Å². The number of hydrogen-bond donors (Lipinski definition) is 2. The lowest BCUT2D eigenvalue weighted by Crippen LogP contribution is -2.33. The van der Waals surface area contributed by atoms with E-state index >= 15 is 0 Å². The monoisotopic (exact) mass is 193 g/mol. The normalized spacial score (nSPS) is 11.4. The third-order valence-electron chi connectivity index (χ3n) is 1.98. The molecule has 0 heterocycles. The number of para-hydroxylation sites is 1. The summed E-state index contributed by atoms with van der Waals surface area (Å²) in [7, 11) is 0. The summed E-state index contributed by atoms with van der Waals surface area (Å²) < 4.78 is 0. The Balaban J connectivity index is 2.73. The first-order chi connectivity index (χ1) is 6.77. The molecule has 14 heavy (non-hydrogen) atoms. The fourth-order valence-corrected chi connectivity index (χ4v) is 1.25. The molecule has 0 saturated carbocycles. The van der Waals surface area contributed by atoms with E-state index < -0.39 is 0 Å². The maximum Gasteiger partial charge on any atom is 0.158 e. The molecule has 4 nitrogen and oxygen atoms in total. The van der Waals surface area contributed by atoms with Crippen LogP contribution in [0.1, 0.15) is 6.92 Å². The molecule has 0 atom stereocenters. The van der Waals surface area contributed by atoms with E-state index in [9.17, 15) is 0 Å². The lowest BCUT2D eigenvalue weighted by Gasteiger charge is -2.21. The van der Waals surface area contributed by atoms with Gasteiger partial charge in [-0.25, -0.2) is 0 Å². The summed E-state index contributed by atoms with van der Waals surface area (Å²) in [4.78, 5) is 2.02. The topological polar surface area (TPSA) is 61.8 Å². The SMILES string of the molecule is CCN(C/C(N)=N/O)c1ccccc1. The van der Waals surface area contributed by atoms with E-state index in [1.165, 1.54) is 0 Å². The Kier molecular flexibility index (Phi) is 3.79. The first-order valence-corrected chi connectivity index (χ1v) is 4.54. The third-order valence-corrected chi connectivity index (χ3v) is 1.98. The molecular formula is C10H15N3O. The predicted octanol–water partition coefficient (Wildman–Crippen LogP) is 1.26. The fraction of sp³-hybridized carbons (Fsp3) is 0.300. The number of nitrogens with two attached hydrogens (primary N) is 1. The van der Waals surface area contributed by atoms with Gasteiger partial charge in [-0.3, -0.25) is 0 Å². The van der Waals surface area contributed by atoms with Gasteiger partial charge in [0.2, 0.25) is 0 Å². The van der Waals surface area contributed by atoms with Crippen LogP contribution in [0.15, 0.2) is 35.5 Å². The van der Waals surface area contributed by atoms with Crippen molar-refractivity contribution >= 4 is 11.5 Å². The Morgan fingerprint density at radius 2 is 2.07 bits per heavy atom. The molecule has 0 bridgehead atoms. The number of hydrogen-bond acceptors (Lipinski definition) is 3. The number of oxime groups is 1. The van der Waals surface area contributed by atoms with Crippen LogP contribution in [-0.4, -0.2) is 24.1 Å². The van der Waals surface area contributed by atoms with Gasteiger partial charge in [-0.05, 0) is 19.1 Å². The highest BCUT2D eigenvalue weighted by atomic mass is 16.4. The van der Waals surface area contributed by atoms with Gasteiger partial charge in [0.25, 0.3) is 0 Å². The summed E-state index contributed by atoms with van der Waals surface area (Å²) in [5.74, 6) is 0.218. The standard InChI is InChI=1S/C10H15N3O/c1-2-13(8-10(11)12-14)9-6-4-3-5-7-9/h3-7,14H,2,8H2,1H3,(H2,11,12). The Morgan fingerprint density at radius 1 is 1.43 bits per heavy atom. The molecule has 0 saturated heterocycles. The molecular weight excluding hydrogens is 178 g/mol. The van der Waals surface area contributed by atoms with Crippen molar-refractivity contribution in [2.24, 2.45) is 10.9 Å². The lowest BCUT2D eigenvalue weighted by atomic mass is 10.3. The highest BCUT2D eigenvalue weighted by molar-refractivity contribution is 5.84. The van der Waals surface area contributed by atoms with Gasteiger partial charge in [-0.1, -0.05) is 23.4 Å². The van der Waals surface area contributed by atoms with E-state index in [1.54, 1.807) is 0 Å². The summed E-state index contributed by atoms with van der Waals surface area (Å²) >= 11 is 0. The average Bonchev–Trinajstić information content (AvgIpc) is 2.26. The summed E-state index contributed by atoms with van der Waals surface area (Å²) in [6, 6.07) is 9.87. The smallest absolute Gasteiger partial charge is 0.158 e. The first kappa shape index (κ1) is 10.4. The van der Waals surface area contributed by atoms with Crippen LogP contribution < -0.4 is 10.6 Å². The second-order valence-corrected chi connectivity index (χ2v) is 2.94. The summed E-state index contributed by atoms with van der Waals surface area (Å²) in [6.07, 6.45) is 0. The van der Waals surface area contributed by atoms with Crippen molar-refractivity contribution in [1.82, 2.24) is 0 Å². The van der Waals surface area contributed by atoms with E-state index in [4.69, 9.17) is 10.9 Å². The van der Waals surface area contributed by atoms with E-state index in [1.807, 2.05) is 42.2 Å². The Labute approximate surface area is 83.6 Å². The molecule has 1 aromatic carbocycles. The Hall–Kier alpha value is -1.71. The van der Waals surface area contributed by atoms with Gasteiger partial charge in [-0.15, -0.1) is 0 Å². The molecule has 0 aliphatic heterocycles. The first-order valence-electron chi connectivity index (χ1n) is 4.54. The van der Waals surface area contributed by atoms with Crippen molar-refractivity contribution < 1.29 is 5.21 Å². The molecule has 0 unspecified atom stereocenters. The molecule has 0 aliphatic rings. The largest absolute Gasteiger partial charge is 0.409 e. The zero-order valence-electron chi connectivity index (χ0n) is 8.22. The predicted molar refractivity (Wildman–Crippen MR) is 57.7 cm³/mol. The highest BCUT2D eigenvalue weighted by Crippen LogP contribution is 2.11. The molecule has 0 radical (unpaired) electrons. The maximum absolute atomic E-state index is 8.46. The quantitative estimate of drug-likeness (QED) is 0.327. The summed E-state index contributed by atoms with van der Waals surface area (Å²) in [5.41, 5.74) is 6.52. The molecule has 0 aliphatic carbocycles. The van der Waals surface area contributed by atoms with Gasteiger partial charge < -0.3 is 15.8 Å². The van der Waals surface area contributed by atoms with E-state index in [-0.39, 0.29) is 5.84 Å². The fourth-order valence-electron chi connectivity index (χ4n) is 1.25. The van der Waals surface area contributed by atoms with Crippen LogP contribution >= 0.6 is 0 Å². The van der Waals surface area contributed by atoms with Crippen LogP contribution in [0.3, 0.4) is 0 Å². The van der Waals surface area contributed by atoms with E-state index in [2.05, 4.69) is 5.16 Å². The second-order valence-electron chi connectivity index (χ2n) is 2.94. The minimum Gasteiger partial charge on any atom is -0.409 e. The van der Waals surface area contributed by atoms with Gasteiger partial charge in [-0.2, -0.15) is 0 Å². The molecule has 1 rings (SSSR count). The number of amidine groups is 1. The maximum atomic E-state index is 8.46. The van der Waals surface area contributed by atoms with Crippen molar-refractivity contribution in [3.05, 3.63) is 30.3 Å². The third kappa shape index (κ3) is 2.65. The Bertz CT molecular complexity index is 297. The summed E-state index contributed by atoms with van der Waals surface area (Å²) in [5, 5.41) is 11.4. The minimum absolute atomic E-state index is 0.218. The van der Waals surface area contributed by atoms with Crippen molar-refractivity contribution in [3.8, 4) is 0 Å². The molecule has 4 heteroatoms. The van der Waals surface area contributed by atoms with Gasteiger partial charge >= 0.3 is 0 Å². The van der Waals surface area contributed by atoms with Crippen molar-refractivity contribution in [1.29, 1.82) is 0 Å². The molecule has 3 N–H and O–H groups in total. The second kappa shape index (κ2) is 5.11. The van der Waals surface area contributed by atoms with Crippen molar-refractivity contribution in [2.75, 3.05) is 18.0 Å². The zero-order valence-corrected chi connectivity index (χ0v) is 8.22. The molecule has 0 amide bonds.